The van der Waals surface area contributed by atoms with E-state index in [4.69, 9.17) is 4.74 Å². The van der Waals surface area contributed by atoms with Crippen molar-refractivity contribution in [3.8, 4) is 11.5 Å². The fourth-order valence-electron chi connectivity index (χ4n) is 2.57. The predicted octanol–water partition coefficient (Wildman–Crippen LogP) is 1.53. The minimum atomic E-state index is -4.75. The van der Waals surface area contributed by atoms with Crippen LogP contribution in [0.3, 0.4) is 0 Å². The Morgan fingerprint density at radius 1 is 1.32 bits per heavy atom. The molecule has 0 bridgehead atoms. The van der Waals surface area contributed by atoms with Gasteiger partial charge in [0.05, 0.1) is 19.8 Å². The van der Waals surface area contributed by atoms with Gasteiger partial charge in [0.25, 0.3) is 0 Å². The second kappa shape index (κ2) is 7.17. The Kier molecular flexibility index (Phi) is 5.49. The first-order valence-electron chi connectivity index (χ1n) is 6.94. The van der Waals surface area contributed by atoms with Crippen LogP contribution in [0.2, 0.25) is 0 Å². The predicted molar refractivity (Wildman–Crippen MR) is 73.9 cm³/mol. The van der Waals surface area contributed by atoms with Crippen LogP contribution >= 0.6 is 0 Å². The number of hydrogen-bond acceptors (Lipinski definition) is 5. The van der Waals surface area contributed by atoms with Crippen molar-refractivity contribution in [3.05, 3.63) is 23.8 Å². The van der Waals surface area contributed by atoms with Crippen molar-refractivity contribution in [3.63, 3.8) is 0 Å². The quantitative estimate of drug-likeness (QED) is 0.862. The summed E-state index contributed by atoms with van der Waals surface area (Å²) in [5.74, 6) is -0.0792. The number of alkyl halides is 3. The lowest BCUT2D eigenvalue weighted by atomic mass is 10.0. The van der Waals surface area contributed by atoms with E-state index >= 15 is 0 Å². The molecule has 124 valence electrons. The van der Waals surface area contributed by atoms with Gasteiger partial charge in [0.2, 0.25) is 0 Å². The molecule has 22 heavy (non-hydrogen) atoms. The Bertz CT molecular complexity index is 491. The molecule has 1 aliphatic heterocycles. The Morgan fingerprint density at radius 2 is 2.00 bits per heavy atom. The third-order valence-corrected chi connectivity index (χ3v) is 3.56. The van der Waals surface area contributed by atoms with Crippen LogP contribution in [0, 0.1) is 0 Å². The molecule has 2 rings (SSSR count). The molecular formula is C14H19F3N2O3. The van der Waals surface area contributed by atoms with E-state index in [1.165, 1.54) is 25.3 Å². The van der Waals surface area contributed by atoms with Gasteiger partial charge in [-0.05, 0) is 12.1 Å². The minimum Gasteiger partial charge on any atom is -0.496 e. The van der Waals surface area contributed by atoms with Crippen molar-refractivity contribution in [1.29, 1.82) is 0 Å². The number of rotatable bonds is 5. The number of nitrogens with zero attached hydrogens (tertiary/aromatic N) is 1. The van der Waals surface area contributed by atoms with Gasteiger partial charge in [0.1, 0.15) is 11.5 Å². The Balaban J connectivity index is 2.24. The lowest BCUT2D eigenvalue weighted by molar-refractivity contribution is -0.274. The van der Waals surface area contributed by atoms with E-state index in [9.17, 15) is 18.3 Å². The van der Waals surface area contributed by atoms with Crippen LogP contribution in [0.25, 0.3) is 0 Å². The smallest absolute Gasteiger partial charge is 0.496 e. The van der Waals surface area contributed by atoms with Gasteiger partial charge in [-0.3, -0.25) is 4.90 Å². The zero-order valence-electron chi connectivity index (χ0n) is 12.2. The number of methoxy groups -OCH3 is 1. The first kappa shape index (κ1) is 16.9. The van der Waals surface area contributed by atoms with Crippen molar-refractivity contribution in [1.82, 2.24) is 10.2 Å². The molecule has 1 atom stereocenters. The number of aliphatic hydroxyl groups excluding tert-OH is 1. The van der Waals surface area contributed by atoms with Crippen molar-refractivity contribution in [2.45, 2.75) is 12.4 Å². The summed E-state index contributed by atoms with van der Waals surface area (Å²) in [4.78, 5) is 2.07. The summed E-state index contributed by atoms with van der Waals surface area (Å²) in [5.41, 5.74) is 0.640. The van der Waals surface area contributed by atoms with Crippen LogP contribution in [0.4, 0.5) is 13.2 Å². The lowest BCUT2D eigenvalue weighted by Crippen LogP contribution is -2.46. The molecule has 0 saturated carbocycles. The standard InChI is InChI=1S/C14H19F3N2O3/c1-21-13-8-10(22-14(15,16)17)2-3-11(13)12(9-20)19-6-4-18-5-7-19/h2-3,8,12,18,20H,4-7,9H2,1H3/t12-/m0/s1. The highest BCUT2D eigenvalue weighted by Gasteiger charge is 2.32. The SMILES string of the molecule is COc1cc(OC(F)(F)F)ccc1[C@H](CO)N1CCNCC1. The lowest BCUT2D eigenvalue weighted by Gasteiger charge is -2.34. The van der Waals surface area contributed by atoms with E-state index in [1.807, 2.05) is 0 Å². The van der Waals surface area contributed by atoms with Gasteiger partial charge < -0.3 is 19.9 Å². The van der Waals surface area contributed by atoms with Gasteiger partial charge >= 0.3 is 6.36 Å². The van der Waals surface area contributed by atoms with Gasteiger partial charge in [-0.25, -0.2) is 0 Å². The molecule has 0 aliphatic carbocycles. The summed E-state index contributed by atoms with van der Waals surface area (Å²) in [6.07, 6.45) is -4.75. The molecule has 1 fully saturated rings. The number of halogens is 3. The molecule has 1 saturated heterocycles. The topological polar surface area (TPSA) is 54.0 Å². The fraction of sp³-hybridized carbons (Fsp3) is 0.571. The number of piperazine rings is 1. The third kappa shape index (κ3) is 4.25. The van der Waals surface area contributed by atoms with Crippen LogP contribution in [0.15, 0.2) is 18.2 Å². The van der Waals surface area contributed by atoms with Gasteiger partial charge in [0.15, 0.2) is 0 Å². The summed E-state index contributed by atoms with van der Waals surface area (Å²) in [6, 6.07) is 3.60. The first-order chi connectivity index (χ1) is 10.4. The van der Waals surface area contributed by atoms with Gasteiger partial charge in [-0.2, -0.15) is 0 Å². The van der Waals surface area contributed by atoms with Crippen molar-refractivity contribution in [2.75, 3.05) is 39.9 Å². The largest absolute Gasteiger partial charge is 0.573 e. The zero-order chi connectivity index (χ0) is 16.2. The number of aliphatic hydroxyl groups is 1. The first-order valence-corrected chi connectivity index (χ1v) is 6.94. The van der Waals surface area contributed by atoms with Crippen LogP contribution in [-0.4, -0.2) is 56.3 Å². The summed E-state index contributed by atoms with van der Waals surface area (Å²) >= 11 is 0. The maximum absolute atomic E-state index is 12.3. The molecule has 0 unspecified atom stereocenters. The molecule has 0 radical (unpaired) electrons. The minimum absolute atomic E-state index is 0.143. The normalized spacial score (nSPS) is 18.0. The molecule has 5 nitrogen and oxygen atoms in total. The molecule has 0 spiro atoms. The number of benzene rings is 1. The molecule has 8 heteroatoms. The monoisotopic (exact) mass is 320 g/mol. The molecule has 0 amide bonds. The van der Waals surface area contributed by atoms with E-state index in [0.717, 1.165) is 26.2 Å². The van der Waals surface area contributed by atoms with Crippen molar-refractivity contribution in [2.24, 2.45) is 0 Å². The summed E-state index contributed by atoms with van der Waals surface area (Å²) < 4.78 is 45.9. The average Bonchev–Trinajstić information content (AvgIpc) is 2.48. The van der Waals surface area contributed by atoms with Gasteiger partial charge in [0, 0.05) is 37.8 Å². The average molecular weight is 320 g/mol. The van der Waals surface area contributed by atoms with Crippen LogP contribution in [-0.2, 0) is 0 Å². The Labute approximate surface area is 126 Å². The third-order valence-electron chi connectivity index (χ3n) is 3.56. The molecule has 1 heterocycles. The van der Waals surface area contributed by atoms with E-state index in [2.05, 4.69) is 15.0 Å². The fourth-order valence-corrected chi connectivity index (χ4v) is 2.57. The Hall–Kier alpha value is -1.51. The Morgan fingerprint density at radius 3 is 2.55 bits per heavy atom. The summed E-state index contributed by atoms with van der Waals surface area (Å²) in [5, 5.41) is 12.9. The highest BCUT2D eigenvalue weighted by Crippen LogP contribution is 2.34. The van der Waals surface area contributed by atoms with Crippen LogP contribution < -0.4 is 14.8 Å². The highest BCUT2D eigenvalue weighted by atomic mass is 19.4. The van der Waals surface area contributed by atoms with Crippen LogP contribution in [0.1, 0.15) is 11.6 Å². The number of ether oxygens (including phenoxy) is 2. The van der Waals surface area contributed by atoms with Gasteiger partial charge in [-0.15, -0.1) is 13.2 Å². The van der Waals surface area contributed by atoms with E-state index in [1.54, 1.807) is 0 Å². The van der Waals surface area contributed by atoms with Crippen molar-refractivity contribution >= 4 is 0 Å². The van der Waals surface area contributed by atoms with E-state index in [0.29, 0.717) is 5.56 Å². The van der Waals surface area contributed by atoms with Gasteiger partial charge in [-0.1, -0.05) is 0 Å². The maximum Gasteiger partial charge on any atom is 0.573 e. The van der Waals surface area contributed by atoms with E-state index < -0.39 is 6.36 Å². The molecular weight excluding hydrogens is 301 g/mol. The molecule has 0 aromatic heterocycles. The number of nitrogens with one attached hydrogen (secondary N) is 1. The summed E-state index contributed by atoms with van der Waals surface area (Å²) in [7, 11) is 1.38. The van der Waals surface area contributed by atoms with E-state index in [-0.39, 0.29) is 24.1 Å². The maximum atomic E-state index is 12.3. The van der Waals surface area contributed by atoms with Crippen molar-refractivity contribution < 1.29 is 27.8 Å². The molecule has 1 aliphatic rings. The second-order valence-corrected chi connectivity index (χ2v) is 4.94. The highest BCUT2D eigenvalue weighted by molar-refractivity contribution is 5.42. The molecule has 1 aromatic rings. The van der Waals surface area contributed by atoms with Crippen LogP contribution in [0.5, 0.6) is 11.5 Å². The second-order valence-electron chi connectivity index (χ2n) is 4.94. The zero-order valence-corrected chi connectivity index (χ0v) is 12.2. The summed E-state index contributed by atoms with van der Waals surface area (Å²) in [6.45, 7) is 2.95. The number of hydrogen-bond donors (Lipinski definition) is 2. The molecule has 2 N–H and O–H groups in total. The molecule has 1 aromatic carbocycles.